The lowest BCUT2D eigenvalue weighted by Crippen LogP contribution is -2.29. The topological polar surface area (TPSA) is 104 Å². The number of amides is 1. The summed E-state index contributed by atoms with van der Waals surface area (Å²) in [5.74, 6) is 0.327. The van der Waals surface area contributed by atoms with E-state index in [0.29, 0.717) is 5.69 Å². The molecule has 0 bridgehead atoms. The van der Waals surface area contributed by atoms with Crippen molar-refractivity contribution in [3.05, 3.63) is 60.8 Å². The van der Waals surface area contributed by atoms with Crippen LogP contribution in [-0.2, 0) is 4.79 Å². The molecule has 1 atom stereocenters. The number of aliphatic hydroxyl groups is 1. The molecular weight excluding hydrogens is 382 g/mol. The van der Waals surface area contributed by atoms with E-state index < -0.39 is 12.0 Å². The molecule has 4 rings (SSSR count). The van der Waals surface area contributed by atoms with Gasteiger partial charge in [0.2, 0.25) is 0 Å². The van der Waals surface area contributed by atoms with Crippen molar-refractivity contribution < 1.29 is 14.6 Å². The fourth-order valence-electron chi connectivity index (χ4n) is 3.25. The molecule has 3 aromatic heterocycles. The maximum absolute atomic E-state index is 12.1. The second-order valence-electron chi connectivity index (χ2n) is 6.96. The molecule has 0 aliphatic carbocycles. The lowest BCUT2D eigenvalue weighted by Gasteiger charge is -2.15. The number of H-pyrrole nitrogens is 1. The van der Waals surface area contributed by atoms with E-state index in [4.69, 9.17) is 4.74 Å². The minimum atomic E-state index is -1.42. The third-order valence-electron chi connectivity index (χ3n) is 4.82. The molecule has 1 unspecified atom stereocenters. The summed E-state index contributed by atoms with van der Waals surface area (Å²) in [4.78, 5) is 29.5. The number of hydrogen-bond donors (Lipinski definition) is 2. The van der Waals surface area contributed by atoms with Crippen LogP contribution in [0.1, 0.15) is 11.9 Å². The van der Waals surface area contributed by atoms with Crippen LogP contribution >= 0.6 is 0 Å². The number of benzene rings is 1. The van der Waals surface area contributed by atoms with Gasteiger partial charge in [0.25, 0.3) is 5.91 Å². The quantitative estimate of drug-likeness (QED) is 0.531. The van der Waals surface area contributed by atoms with Crippen molar-refractivity contribution in [2.45, 2.75) is 6.10 Å². The van der Waals surface area contributed by atoms with Crippen molar-refractivity contribution in [2.24, 2.45) is 0 Å². The van der Waals surface area contributed by atoms with Crippen LogP contribution in [-0.4, -0.2) is 57.1 Å². The second kappa shape index (κ2) is 7.92. The molecule has 8 nitrogen and oxygen atoms in total. The average Bonchev–Trinajstić information content (AvgIpc) is 3.21. The predicted octanol–water partition coefficient (Wildman–Crippen LogP) is 2.82. The van der Waals surface area contributed by atoms with Gasteiger partial charge in [-0.1, -0.05) is 18.2 Å². The van der Waals surface area contributed by atoms with E-state index in [1.807, 2.05) is 36.5 Å². The molecule has 1 aromatic carbocycles. The fourth-order valence-corrected chi connectivity index (χ4v) is 3.25. The van der Waals surface area contributed by atoms with E-state index in [1.165, 1.54) is 11.1 Å². The van der Waals surface area contributed by atoms with Gasteiger partial charge in [-0.05, 0) is 18.2 Å². The fraction of sp³-hybridized carbons (Fsp3) is 0.182. The summed E-state index contributed by atoms with van der Waals surface area (Å²) in [6.07, 6.45) is 3.68. The summed E-state index contributed by atoms with van der Waals surface area (Å²) >= 11 is 0. The number of methoxy groups -OCH3 is 1. The summed E-state index contributed by atoms with van der Waals surface area (Å²) in [5, 5.41) is 11.2. The molecule has 4 aromatic rings. The van der Waals surface area contributed by atoms with Crippen molar-refractivity contribution in [3.63, 3.8) is 0 Å². The molecule has 0 radical (unpaired) electrons. The lowest BCUT2D eigenvalue weighted by molar-refractivity contribution is -0.138. The first-order valence-corrected chi connectivity index (χ1v) is 9.32. The van der Waals surface area contributed by atoms with Crippen molar-refractivity contribution in [1.29, 1.82) is 0 Å². The first-order valence-electron chi connectivity index (χ1n) is 9.32. The summed E-state index contributed by atoms with van der Waals surface area (Å²) in [6.45, 7) is 0. The number of nitrogens with one attached hydrogen (secondary N) is 1. The zero-order valence-corrected chi connectivity index (χ0v) is 16.8. The highest BCUT2D eigenvalue weighted by Crippen LogP contribution is 2.35. The van der Waals surface area contributed by atoms with Crippen molar-refractivity contribution in [3.8, 4) is 28.1 Å². The first kappa shape index (κ1) is 19.5. The van der Waals surface area contributed by atoms with Crippen LogP contribution in [0.5, 0.6) is 5.75 Å². The Labute approximate surface area is 173 Å². The van der Waals surface area contributed by atoms with Gasteiger partial charge in [0.1, 0.15) is 11.4 Å². The molecule has 0 spiro atoms. The summed E-state index contributed by atoms with van der Waals surface area (Å²) in [5.41, 5.74) is 3.94. The summed E-state index contributed by atoms with van der Waals surface area (Å²) in [6, 6.07) is 11.4. The SMILES string of the molecule is COc1ccccc1-c1c[nH]c2ncc(-c3ccnc(C(O)C(=O)N(C)C)n3)cc12. The Bertz CT molecular complexity index is 1220. The highest BCUT2D eigenvalue weighted by atomic mass is 16.5. The Morgan fingerprint density at radius 1 is 1.17 bits per heavy atom. The maximum Gasteiger partial charge on any atom is 0.258 e. The molecule has 30 heavy (non-hydrogen) atoms. The number of likely N-dealkylation sites (N-methyl/N-ethyl adjacent to an activating group) is 1. The third kappa shape index (κ3) is 3.48. The zero-order chi connectivity index (χ0) is 21.3. The molecule has 2 N–H and O–H groups in total. The number of aromatic nitrogens is 4. The first-order chi connectivity index (χ1) is 14.5. The number of aliphatic hydroxyl groups excluding tert-OH is 1. The van der Waals surface area contributed by atoms with E-state index in [0.717, 1.165) is 33.5 Å². The molecule has 1 amide bonds. The molecule has 0 aliphatic rings. The molecule has 152 valence electrons. The molecule has 0 fully saturated rings. The minimum absolute atomic E-state index is 0.0466. The number of pyridine rings is 1. The molecule has 3 heterocycles. The van der Waals surface area contributed by atoms with E-state index in [-0.39, 0.29) is 5.82 Å². The summed E-state index contributed by atoms with van der Waals surface area (Å²) in [7, 11) is 4.77. The number of nitrogens with zero attached hydrogens (tertiary/aromatic N) is 4. The number of carbonyl (C=O) groups excluding carboxylic acids is 1. The highest BCUT2D eigenvalue weighted by Gasteiger charge is 2.22. The van der Waals surface area contributed by atoms with Crippen LogP contribution < -0.4 is 4.74 Å². The number of para-hydroxylation sites is 1. The second-order valence-corrected chi connectivity index (χ2v) is 6.96. The highest BCUT2D eigenvalue weighted by molar-refractivity contribution is 5.97. The molecule has 0 saturated carbocycles. The van der Waals surface area contributed by atoms with E-state index in [9.17, 15) is 9.90 Å². The Balaban J connectivity index is 1.78. The Hall–Kier alpha value is -3.78. The van der Waals surface area contributed by atoms with Crippen LogP contribution in [0.4, 0.5) is 0 Å². The molecule has 0 saturated heterocycles. The van der Waals surface area contributed by atoms with E-state index in [1.54, 1.807) is 33.5 Å². The van der Waals surface area contributed by atoms with Crippen molar-refractivity contribution in [2.75, 3.05) is 21.2 Å². The van der Waals surface area contributed by atoms with Gasteiger partial charge in [-0.3, -0.25) is 4.79 Å². The van der Waals surface area contributed by atoms with Gasteiger partial charge in [-0.15, -0.1) is 0 Å². The summed E-state index contributed by atoms with van der Waals surface area (Å²) < 4.78 is 5.50. The standard InChI is InChI=1S/C22H21N5O3/c1-27(2)22(29)19(28)21-23-9-8-17(26-21)13-10-15-16(12-25-20(15)24-11-13)14-6-4-5-7-18(14)30-3/h4-12,19,28H,1-3H3,(H,24,25). The van der Waals surface area contributed by atoms with Gasteiger partial charge in [0.05, 0.1) is 12.8 Å². The average molecular weight is 403 g/mol. The largest absolute Gasteiger partial charge is 0.496 e. The van der Waals surface area contributed by atoms with Gasteiger partial charge in [0.15, 0.2) is 11.9 Å². The number of fused-ring (bicyclic) bond motifs is 1. The smallest absolute Gasteiger partial charge is 0.258 e. The van der Waals surface area contributed by atoms with Crippen LogP contribution in [0.15, 0.2) is 55.0 Å². The van der Waals surface area contributed by atoms with E-state index >= 15 is 0 Å². The van der Waals surface area contributed by atoms with E-state index in [2.05, 4.69) is 19.9 Å². The third-order valence-corrected chi connectivity index (χ3v) is 4.82. The Morgan fingerprint density at radius 2 is 1.97 bits per heavy atom. The monoisotopic (exact) mass is 403 g/mol. The van der Waals surface area contributed by atoms with Gasteiger partial charge in [-0.2, -0.15) is 0 Å². The Morgan fingerprint density at radius 3 is 2.73 bits per heavy atom. The lowest BCUT2D eigenvalue weighted by atomic mass is 10.0. The van der Waals surface area contributed by atoms with Crippen molar-refractivity contribution >= 4 is 16.9 Å². The van der Waals surface area contributed by atoms with Crippen LogP contribution in [0.2, 0.25) is 0 Å². The van der Waals surface area contributed by atoms with Gasteiger partial charge in [0, 0.05) is 54.8 Å². The number of carbonyl (C=O) groups is 1. The molecule has 8 heteroatoms. The van der Waals surface area contributed by atoms with Crippen LogP contribution in [0, 0.1) is 0 Å². The number of aromatic amines is 1. The molecular formula is C22H21N5O3. The predicted molar refractivity (Wildman–Crippen MR) is 113 cm³/mol. The van der Waals surface area contributed by atoms with Gasteiger partial charge >= 0.3 is 0 Å². The van der Waals surface area contributed by atoms with Crippen LogP contribution in [0.25, 0.3) is 33.4 Å². The normalized spacial score (nSPS) is 12.0. The Kier molecular flexibility index (Phi) is 5.16. The molecule has 0 aliphatic heterocycles. The number of hydrogen-bond acceptors (Lipinski definition) is 6. The zero-order valence-electron chi connectivity index (χ0n) is 16.8. The minimum Gasteiger partial charge on any atom is -0.496 e. The number of ether oxygens (including phenoxy) is 1. The maximum atomic E-state index is 12.1. The van der Waals surface area contributed by atoms with Gasteiger partial charge < -0.3 is 19.7 Å². The van der Waals surface area contributed by atoms with Crippen molar-refractivity contribution in [1.82, 2.24) is 24.8 Å². The van der Waals surface area contributed by atoms with Gasteiger partial charge in [-0.25, -0.2) is 15.0 Å². The van der Waals surface area contributed by atoms with Crippen LogP contribution in [0.3, 0.4) is 0 Å². The number of rotatable bonds is 5.